The molecule has 0 bridgehead atoms. The number of thiol groups is 1. The predicted octanol–water partition coefficient (Wildman–Crippen LogP) is 2.27. The van der Waals surface area contributed by atoms with E-state index in [9.17, 15) is 0 Å². The molecule has 2 nitrogen and oxygen atoms in total. The van der Waals surface area contributed by atoms with E-state index in [4.69, 9.17) is 12.2 Å². The zero-order valence-corrected chi connectivity index (χ0v) is 8.45. The van der Waals surface area contributed by atoms with E-state index in [-0.39, 0.29) is 0 Å². The smallest absolute Gasteiger partial charge is 0.136 e. The summed E-state index contributed by atoms with van der Waals surface area (Å²) in [6.45, 7) is 2.09. The summed E-state index contributed by atoms with van der Waals surface area (Å²) in [5, 5.41) is 2.84. The monoisotopic (exact) mass is 198 g/mol. The van der Waals surface area contributed by atoms with Gasteiger partial charge in [0.05, 0.1) is 0 Å². The van der Waals surface area contributed by atoms with Gasteiger partial charge >= 0.3 is 0 Å². The van der Waals surface area contributed by atoms with Crippen molar-refractivity contribution in [3.05, 3.63) is 23.9 Å². The molecule has 1 N–H and O–H groups in total. The maximum absolute atomic E-state index is 4.75. The van der Waals surface area contributed by atoms with Gasteiger partial charge in [0.25, 0.3) is 0 Å². The van der Waals surface area contributed by atoms with Crippen LogP contribution in [0.2, 0.25) is 0 Å². The summed E-state index contributed by atoms with van der Waals surface area (Å²) in [7, 11) is 0. The highest BCUT2D eigenvalue weighted by Crippen LogP contribution is 2.05. The molecule has 12 heavy (non-hydrogen) atoms. The van der Waals surface area contributed by atoms with Crippen LogP contribution in [0.4, 0.5) is 5.82 Å². The second-order valence-electron chi connectivity index (χ2n) is 2.34. The molecule has 0 spiro atoms. The molecule has 4 heteroatoms. The lowest BCUT2D eigenvalue weighted by atomic mass is 10.2. The van der Waals surface area contributed by atoms with E-state index >= 15 is 0 Å². The SMILES string of the molecule is CCc1ccc(NC(=S)S)nc1. The number of hydrogen-bond acceptors (Lipinski definition) is 2. The first kappa shape index (κ1) is 9.48. The molecule has 1 rings (SSSR count). The van der Waals surface area contributed by atoms with Crippen LogP contribution in [0.15, 0.2) is 18.3 Å². The number of aromatic nitrogens is 1. The van der Waals surface area contributed by atoms with Gasteiger partial charge in [-0.3, -0.25) is 0 Å². The minimum absolute atomic E-state index is 0.437. The molecule has 0 aromatic carbocycles. The van der Waals surface area contributed by atoms with Crippen LogP contribution in [0.3, 0.4) is 0 Å². The summed E-state index contributed by atoms with van der Waals surface area (Å²) in [6, 6.07) is 3.91. The van der Waals surface area contributed by atoms with E-state index in [1.54, 1.807) is 0 Å². The molecule has 0 aliphatic rings. The minimum atomic E-state index is 0.437. The lowest BCUT2D eigenvalue weighted by Crippen LogP contribution is -2.02. The molecule has 0 aliphatic heterocycles. The van der Waals surface area contributed by atoms with Gasteiger partial charge < -0.3 is 5.32 Å². The van der Waals surface area contributed by atoms with Crippen LogP contribution >= 0.6 is 24.8 Å². The van der Waals surface area contributed by atoms with Gasteiger partial charge in [-0.2, -0.15) is 0 Å². The van der Waals surface area contributed by atoms with Crippen LogP contribution in [-0.4, -0.2) is 9.30 Å². The maximum Gasteiger partial charge on any atom is 0.136 e. The van der Waals surface area contributed by atoms with E-state index in [2.05, 4.69) is 29.9 Å². The van der Waals surface area contributed by atoms with Crippen molar-refractivity contribution in [2.24, 2.45) is 0 Å². The second kappa shape index (κ2) is 4.42. The summed E-state index contributed by atoms with van der Waals surface area (Å²) >= 11 is 8.69. The van der Waals surface area contributed by atoms with Gasteiger partial charge in [0, 0.05) is 6.20 Å². The molecule has 0 unspecified atom stereocenters. The van der Waals surface area contributed by atoms with Gasteiger partial charge in [-0.05, 0) is 18.1 Å². The van der Waals surface area contributed by atoms with E-state index in [1.165, 1.54) is 5.56 Å². The molecule has 64 valence electrons. The van der Waals surface area contributed by atoms with E-state index < -0.39 is 0 Å². The third kappa shape index (κ3) is 2.79. The number of hydrogen-bond donors (Lipinski definition) is 2. The fourth-order valence-corrected chi connectivity index (χ4v) is 1.04. The summed E-state index contributed by atoms with van der Waals surface area (Å²) < 4.78 is 0.437. The fourth-order valence-electron chi connectivity index (χ4n) is 0.817. The Balaban J connectivity index is 2.71. The number of pyridine rings is 1. The van der Waals surface area contributed by atoms with Crippen LogP contribution in [0.1, 0.15) is 12.5 Å². The molecule has 0 atom stereocenters. The van der Waals surface area contributed by atoms with Gasteiger partial charge in [-0.25, -0.2) is 4.98 Å². The lowest BCUT2D eigenvalue weighted by molar-refractivity contribution is 1.11. The van der Waals surface area contributed by atoms with Crippen molar-refractivity contribution in [1.82, 2.24) is 4.98 Å². The first-order chi connectivity index (χ1) is 5.72. The topological polar surface area (TPSA) is 24.9 Å². The summed E-state index contributed by atoms with van der Waals surface area (Å²) in [5.41, 5.74) is 1.21. The first-order valence-corrected chi connectivity index (χ1v) is 4.53. The molecule has 0 aliphatic carbocycles. The third-order valence-electron chi connectivity index (χ3n) is 1.47. The minimum Gasteiger partial charge on any atom is -0.326 e. The number of aryl methyl sites for hydroxylation is 1. The van der Waals surface area contributed by atoms with Gasteiger partial charge in [0.2, 0.25) is 0 Å². The van der Waals surface area contributed by atoms with Crippen molar-refractivity contribution in [2.45, 2.75) is 13.3 Å². The lowest BCUT2D eigenvalue weighted by Gasteiger charge is -2.01. The molecular formula is C8H10N2S2. The van der Waals surface area contributed by atoms with Crippen LogP contribution in [-0.2, 0) is 6.42 Å². The normalized spacial score (nSPS) is 9.50. The van der Waals surface area contributed by atoms with Crippen LogP contribution < -0.4 is 5.32 Å². The van der Waals surface area contributed by atoms with Gasteiger partial charge in [0.15, 0.2) is 0 Å². The molecular weight excluding hydrogens is 188 g/mol. The Kier molecular flexibility index (Phi) is 3.49. The summed E-state index contributed by atoms with van der Waals surface area (Å²) in [4.78, 5) is 4.14. The highest BCUT2D eigenvalue weighted by molar-refractivity contribution is 8.11. The molecule has 0 saturated heterocycles. The van der Waals surface area contributed by atoms with Crippen molar-refractivity contribution in [1.29, 1.82) is 0 Å². The van der Waals surface area contributed by atoms with Crippen LogP contribution in [0.5, 0.6) is 0 Å². The molecule has 0 saturated carbocycles. The molecule has 0 fully saturated rings. The van der Waals surface area contributed by atoms with Gasteiger partial charge in [-0.15, -0.1) is 12.6 Å². The molecule has 0 radical (unpaired) electrons. The zero-order chi connectivity index (χ0) is 8.97. The summed E-state index contributed by atoms with van der Waals surface area (Å²) in [5.74, 6) is 0.743. The zero-order valence-electron chi connectivity index (χ0n) is 6.74. The Morgan fingerprint density at radius 2 is 2.42 bits per heavy atom. The van der Waals surface area contributed by atoms with Crippen LogP contribution in [0.25, 0.3) is 0 Å². The van der Waals surface area contributed by atoms with Gasteiger partial charge in [0.1, 0.15) is 10.1 Å². The largest absolute Gasteiger partial charge is 0.326 e. The van der Waals surface area contributed by atoms with Crippen molar-refractivity contribution in [2.75, 3.05) is 5.32 Å². The van der Waals surface area contributed by atoms with E-state index in [0.29, 0.717) is 4.32 Å². The predicted molar refractivity (Wildman–Crippen MR) is 58.8 cm³/mol. The molecule has 1 aromatic heterocycles. The highest BCUT2D eigenvalue weighted by Gasteiger charge is 1.93. The van der Waals surface area contributed by atoms with Crippen molar-refractivity contribution in [3.8, 4) is 0 Å². The summed E-state index contributed by atoms with van der Waals surface area (Å²) in [6.07, 6.45) is 2.83. The van der Waals surface area contributed by atoms with E-state index in [0.717, 1.165) is 12.2 Å². The quantitative estimate of drug-likeness (QED) is 0.563. The Labute approximate surface area is 82.8 Å². The number of rotatable bonds is 2. The maximum atomic E-state index is 4.75. The number of nitrogens with one attached hydrogen (secondary N) is 1. The van der Waals surface area contributed by atoms with Crippen molar-refractivity contribution >= 4 is 35.0 Å². The molecule has 1 heterocycles. The number of nitrogens with zero attached hydrogens (tertiary/aromatic N) is 1. The van der Waals surface area contributed by atoms with Crippen LogP contribution in [0, 0.1) is 0 Å². The van der Waals surface area contributed by atoms with Crippen molar-refractivity contribution in [3.63, 3.8) is 0 Å². The fraction of sp³-hybridized carbons (Fsp3) is 0.250. The van der Waals surface area contributed by atoms with Gasteiger partial charge in [-0.1, -0.05) is 25.2 Å². The Morgan fingerprint density at radius 1 is 1.67 bits per heavy atom. The standard InChI is InChI=1S/C8H10N2S2/c1-2-6-3-4-7(9-5-6)10-8(11)12/h3-5H,2H2,1H3,(H2,9,10,11,12). The van der Waals surface area contributed by atoms with E-state index in [1.807, 2.05) is 18.3 Å². The molecule has 1 aromatic rings. The van der Waals surface area contributed by atoms with Crippen molar-refractivity contribution < 1.29 is 0 Å². The molecule has 0 amide bonds. The Morgan fingerprint density at radius 3 is 2.83 bits per heavy atom. The Bertz CT molecular complexity index is 269. The first-order valence-electron chi connectivity index (χ1n) is 3.67. The second-order valence-corrected chi connectivity index (χ2v) is 3.49. The average molecular weight is 198 g/mol. The number of anilines is 1. The highest BCUT2D eigenvalue weighted by atomic mass is 32.1. The Hall–Kier alpha value is -0.610. The third-order valence-corrected chi connectivity index (χ3v) is 1.68. The average Bonchev–Trinajstić information content (AvgIpc) is 2.05. The number of thiocarbonyl (C=S) groups is 1.